The fraction of sp³-hybridized carbons (Fsp3) is 0.176. The minimum Gasteiger partial charge on any atom is -0.495 e. The molecular formula is C102H80F12N14OS7. The van der Waals surface area contributed by atoms with Gasteiger partial charge in [-0.05, 0) is 227 Å². The van der Waals surface area contributed by atoms with Crippen molar-refractivity contribution in [2.24, 2.45) is 0 Å². The summed E-state index contributed by atoms with van der Waals surface area (Å²) in [7, 11) is 1.68. The van der Waals surface area contributed by atoms with E-state index in [9.17, 15) is 52.7 Å². The molecular weight excluding hydrogens is 1890 g/mol. The summed E-state index contributed by atoms with van der Waals surface area (Å²) in [6.45, 7) is 0. The third-order valence-corrected chi connectivity index (χ3v) is 24.9. The molecule has 7 N–H and O–H groups in total. The first-order valence-corrected chi connectivity index (χ1v) is 45.5. The molecule has 0 atom stereocenters. The average Bonchev–Trinajstić information content (AvgIpc) is 0.754. The number of methoxy groups -OCH3 is 1. The van der Waals surface area contributed by atoms with Gasteiger partial charge in [0, 0.05) is 210 Å². The summed E-state index contributed by atoms with van der Waals surface area (Å²) in [5.74, 6) is 0.154. The van der Waals surface area contributed by atoms with Crippen molar-refractivity contribution in [1.29, 1.82) is 0 Å². The largest absolute Gasteiger partial charge is 0.495 e. The first kappa shape index (κ1) is 97.3. The Kier molecular flexibility index (Phi) is 31.2. The SMILES string of the molecule is COc1cc(-c2cccnc2)cc2c1NC(=S)CC2.FC(F)(F)c1c(-c2cccnc2)ccc2c1CCC(=S)N2.FC(F)(F)c1cc(-c2cccnc2)cc2c1NC(=S)CC2.FC(F)(F)c1cc2c(cc1-c1cccnc1)CCC(=S)N2.Fc1c(-c2cccnc2)ccc2c1CCC(=S)N2.Fc1cc(-c2cccnc2)cc2c1NC(=S)CC2.Fc1cc2c(cc1-c1cccnc1)CCC(=S)N2. The number of anilines is 7. The smallest absolute Gasteiger partial charge is 0.418 e. The van der Waals surface area contributed by atoms with Gasteiger partial charge in [-0.25, -0.2) is 13.2 Å². The Bertz CT molecular complexity index is 6730. The number of thiocarbonyl (C=S) groups is 7. The van der Waals surface area contributed by atoms with E-state index in [1.54, 1.807) is 124 Å². The van der Waals surface area contributed by atoms with Gasteiger partial charge in [-0.1, -0.05) is 134 Å². The van der Waals surface area contributed by atoms with Crippen molar-refractivity contribution in [3.8, 4) is 83.6 Å². The summed E-state index contributed by atoms with van der Waals surface area (Å²) in [5.41, 5.74) is 17.1. The van der Waals surface area contributed by atoms with Crippen molar-refractivity contribution >= 4 is 160 Å². The second kappa shape index (κ2) is 43.6. The zero-order chi connectivity index (χ0) is 96.0. The van der Waals surface area contributed by atoms with E-state index in [4.69, 9.17) is 90.3 Å². The number of halogens is 12. The molecule has 0 unspecified atom stereocenters. The second-order valence-electron chi connectivity index (χ2n) is 31.8. The topological polar surface area (TPSA) is 184 Å². The lowest BCUT2D eigenvalue weighted by atomic mass is 9.90. The highest BCUT2D eigenvalue weighted by Crippen LogP contribution is 2.48. The zero-order valence-electron chi connectivity index (χ0n) is 72.1. The third kappa shape index (κ3) is 24.2. The number of fused-ring (bicyclic) bond motifs is 7. The van der Waals surface area contributed by atoms with Gasteiger partial charge in [0.1, 0.15) is 23.2 Å². The number of pyridine rings is 7. The van der Waals surface area contributed by atoms with E-state index in [0.29, 0.717) is 133 Å². The molecule has 14 heterocycles. The minimum atomic E-state index is -4.43. The molecule has 7 aromatic carbocycles. The van der Waals surface area contributed by atoms with Crippen LogP contribution in [0, 0.1) is 17.5 Å². The maximum atomic E-state index is 14.5. The number of hydrogen-bond acceptors (Lipinski definition) is 15. The van der Waals surface area contributed by atoms with Gasteiger partial charge in [0.2, 0.25) is 0 Å². The number of rotatable bonds is 8. The van der Waals surface area contributed by atoms with Crippen LogP contribution in [0.15, 0.2) is 257 Å². The van der Waals surface area contributed by atoms with Crippen LogP contribution in [0.25, 0.3) is 77.9 Å². The molecule has 0 bridgehead atoms. The Hall–Kier alpha value is -13.2. The van der Waals surface area contributed by atoms with Gasteiger partial charge >= 0.3 is 18.5 Å². The van der Waals surface area contributed by atoms with Gasteiger partial charge in [0.25, 0.3) is 0 Å². The number of nitrogens with zero attached hydrogens (tertiary/aromatic N) is 7. The monoisotopic (exact) mass is 1970 g/mol. The molecule has 0 saturated carbocycles. The molecule has 0 saturated heterocycles. The van der Waals surface area contributed by atoms with E-state index in [2.05, 4.69) is 84.2 Å². The van der Waals surface area contributed by atoms with Crippen molar-refractivity contribution in [3.63, 3.8) is 0 Å². The summed E-state index contributed by atoms with van der Waals surface area (Å²) < 4.78 is 169. The molecule has 21 rings (SSSR count). The second-order valence-corrected chi connectivity index (χ2v) is 35.2. The molecule has 7 aromatic heterocycles. The number of hydrogen-bond donors (Lipinski definition) is 7. The van der Waals surface area contributed by atoms with Gasteiger partial charge in [-0.2, -0.15) is 39.5 Å². The van der Waals surface area contributed by atoms with Crippen LogP contribution in [-0.2, 0) is 63.5 Å². The van der Waals surface area contributed by atoms with E-state index in [1.165, 1.54) is 48.5 Å². The van der Waals surface area contributed by atoms with Crippen molar-refractivity contribution in [2.45, 2.75) is 108 Å². The Morgan fingerprint density at radius 3 is 1.04 bits per heavy atom. The molecule has 0 radical (unpaired) electrons. The van der Waals surface area contributed by atoms with Crippen LogP contribution in [0.3, 0.4) is 0 Å². The quantitative estimate of drug-likeness (QED) is 0.0563. The maximum Gasteiger partial charge on any atom is 0.418 e. The predicted molar refractivity (Wildman–Crippen MR) is 541 cm³/mol. The van der Waals surface area contributed by atoms with Gasteiger partial charge in [-0.15, -0.1) is 0 Å². The average molecular weight is 1970 g/mol. The molecule has 0 aliphatic carbocycles. The highest BCUT2D eigenvalue weighted by molar-refractivity contribution is 7.81. The maximum absolute atomic E-state index is 14.5. The molecule has 0 amide bonds. The van der Waals surface area contributed by atoms with Crippen LogP contribution in [0.2, 0.25) is 0 Å². The summed E-state index contributed by atoms with van der Waals surface area (Å²) in [5, 5.41) is 20.8. The van der Waals surface area contributed by atoms with Crippen LogP contribution in [-0.4, -0.2) is 76.9 Å². The van der Waals surface area contributed by atoms with Gasteiger partial charge in [0.15, 0.2) is 0 Å². The highest BCUT2D eigenvalue weighted by Gasteiger charge is 2.40. The van der Waals surface area contributed by atoms with Crippen LogP contribution in [0.5, 0.6) is 5.75 Å². The van der Waals surface area contributed by atoms with Crippen LogP contribution in [0.1, 0.15) is 101 Å². The molecule has 0 spiro atoms. The predicted octanol–water partition coefficient (Wildman–Crippen LogP) is 27.5. The summed E-state index contributed by atoms with van der Waals surface area (Å²) >= 11 is 35.6. The Morgan fingerprint density at radius 1 is 0.265 bits per heavy atom. The fourth-order valence-electron chi connectivity index (χ4n) is 16.2. The molecule has 15 nitrogen and oxygen atoms in total. The third-order valence-electron chi connectivity index (χ3n) is 22.8. The van der Waals surface area contributed by atoms with Crippen molar-refractivity contribution in [2.75, 3.05) is 44.3 Å². The normalized spacial score (nSPS) is 14.2. The van der Waals surface area contributed by atoms with Crippen LogP contribution >= 0.6 is 85.5 Å². The number of aryl methyl sites for hydroxylation is 5. The van der Waals surface area contributed by atoms with E-state index in [1.807, 2.05) is 72.9 Å². The minimum absolute atomic E-state index is 0.0893. The Balaban J connectivity index is 0.000000121. The molecule has 136 heavy (non-hydrogen) atoms. The summed E-state index contributed by atoms with van der Waals surface area (Å²) in [6, 6.07) is 48.6. The standard InChI is InChI=1S/3C15H11F3N2S.C15H14N2OS.3C14H11FN2S/c16-15(17,18)14-10(9-2-1-7-19-8-9)3-5-12-11(14)4-6-13(21)20-12;16-15(17,18)12-7-13-9(3-4-14(21)20-13)6-11(12)10-2-1-5-19-8-10;16-15(17,18)12-7-11(10-2-1-5-19-8-10)6-9-3-4-13(21)20-14(9)12;1-18-13-8-12(11-3-2-6-16-9-11)7-10-4-5-14(19)17-15(10)13;15-14-10(9-2-1-7-16-8-9)3-5-12-11(14)4-6-13(18)17-12;15-12-7-13-9(3-4-14(18)17-13)6-11(12)10-2-1-5-16-8-10;15-12-7-11(10-2-1-5-16-8-10)6-9-3-4-13(18)17-14(9)12/h1-3,5,7-8H,4,6H2,(H,20,21);2*1-2,5-8H,3-4H2,(H,20,21);2-3,6-9H,4-5H2,1H3,(H,17,19);1-3,5,7-8H,4,6H2,(H,17,18);2*1-2,5-8H,3-4H2,(H,17,18). The van der Waals surface area contributed by atoms with Crippen molar-refractivity contribution in [3.05, 3.63) is 330 Å². The summed E-state index contributed by atoms with van der Waals surface area (Å²) in [4.78, 5) is 32.8. The summed E-state index contributed by atoms with van der Waals surface area (Å²) in [6.07, 6.45) is 19.2. The number of aromatic nitrogens is 7. The van der Waals surface area contributed by atoms with Gasteiger partial charge in [0.05, 0.1) is 75.8 Å². The zero-order valence-corrected chi connectivity index (χ0v) is 77.8. The lowest BCUT2D eigenvalue weighted by Crippen LogP contribution is -2.22. The highest BCUT2D eigenvalue weighted by atomic mass is 32.1. The van der Waals surface area contributed by atoms with Crippen LogP contribution < -0.4 is 42.0 Å². The molecule has 34 heteroatoms. The fourth-order valence-corrected chi connectivity index (χ4v) is 17.7. The molecule has 7 aliphatic rings. The number of nitrogens with one attached hydrogen (secondary N) is 7. The number of benzene rings is 7. The molecule has 0 fully saturated rings. The van der Waals surface area contributed by atoms with Gasteiger partial charge in [-0.3, -0.25) is 34.9 Å². The molecule has 7 aliphatic heterocycles. The van der Waals surface area contributed by atoms with E-state index in [-0.39, 0.29) is 39.8 Å². The van der Waals surface area contributed by atoms with E-state index >= 15 is 0 Å². The van der Waals surface area contributed by atoms with Gasteiger partial charge < -0.3 is 42.0 Å². The first-order valence-electron chi connectivity index (χ1n) is 42.7. The molecule has 14 aromatic rings. The first-order chi connectivity index (χ1) is 65.4. The Morgan fingerprint density at radius 2 is 0.603 bits per heavy atom. The van der Waals surface area contributed by atoms with Crippen molar-refractivity contribution < 1.29 is 57.4 Å². The van der Waals surface area contributed by atoms with Crippen molar-refractivity contribution in [1.82, 2.24) is 34.9 Å². The van der Waals surface area contributed by atoms with E-state index in [0.717, 1.165) is 139 Å². The Labute approximate surface area is 812 Å². The number of ether oxygens (including phenoxy) is 1. The van der Waals surface area contributed by atoms with Crippen LogP contribution in [0.4, 0.5) is 92.5 Å². The van der Waals surface area contributed by atoms with E-state index < -0.39 is 35.2 Å². The lowest BCUT2D eigenvalue weighted by molar-refractivity contribution is -0.138. The molecule has 690 valence electrons. The number of alkyl halides is 9. The lowest BCUT2D eigenvalue weighted by Gasteiger charge is -2.25.